The average Bonchev–Trinajstić information content (AvgIpc) is 3.67. The zero-order chi connectivity index (χ0) is 32.4. The zero-order valence-corrected chi connectivity index (χ0v) is 27.1. The molecule has 0 atom stereocenters. The fourth-order valence-electron chi connectivity index (χ4n) is 8.36. The van der Waals surface area contributed by atoms with Crippen molar-refractivity contribution in [3.63, 3.8) is 0 Å². The lowest BCUT2D eigenvalue weighted by atomic mass is 9.67. The first kappa shape index (κ1) is 28.2. The summed E-state index contributed by atoms with van der Waals surface area (Å²) in [5.41, 5.74) is 12.8. The molecule has 0 bridgehead atoms. The van der Waals surface area contributed by atoms with Gasteiger partial charge in [-0.25, -0.2) is 15.0 Å². The van der Waals surface area contributed by atoms with E-state index in [0.717, 1.165) is 33.4 Å². The van der Waals surface area contributed by atoms with Gasteiger partial charge in [0.2, 0.25) is 0 Å². The third-order valence-corrected chi connectivity index (χ3v) is 10.7. The van der Waals surface area contributed by atoms with Gasteiger partial charge in [-0.3, -0.25) is 0 Å². The molecule has 0 amide bonds. The molecule has 10 rings (SSSR count). The fourth-order valence-corrected chi connectivity index (χ4v) is 8.36. The van der Waals surface area contributed by atoms with Crippen LogP contribution in [0, 0.1) is 0 Å². The molecule has 234 valence electrons. The van der Waals surface area contributed by atoms with E-state index in [1.54, 1.807) is 0 Å². The van der Waals surface area contributed by atoms with E-state index in [4.69, 9.17) is 19.4 Å². The molecule has 6 aromatic carbocycles. The number of fused-ring (bicyclic) bond motifs is 8. The van der Waals surface area contributed by atoms with Crippen LogP contribution in [0.5, 0.6) is 0 Å². The minimum absolute atomic E-state index is 0.0203. The molecule has 0 unspecified atom stereocenters. The van der Waals surface area contributed by atoms with E-state index in [9.17, 15) is 0 Å². The third kappa shape index (κ3) is 4.55. The molecule has 1 spiro atoms. The van der Waals surface area contributed by atoms with Crippen LogP contribution in [0.4, 0.5) is 0 Å². The Balaban J connectivity index is 1.10. The molecule has 1 fully saturated rings. The molecule has 0 radical (unpaired) electrons. The van der Waals surface area contributed by atoms with Crippen LogP contribution in [-0.4, -0.2) is 15.0 Å². The summed E-state index contributed by atoms with van der Waals surface area (Å²) in [4.78, 5) is 14.9. The van der Waals surface area contributed by atoms with Gasteiger partial charge in [0.05, 0.1) is 0 Å². The molecular weight excluding hydrogens is 599 g/mol. The number of rotatable bonds is 4. The van der Waals surface area contributed by atoms with Crippen LogP contribution in [0.25, 0.3) is 78.4 Å². The molecule has 2 aliphatic rings. The van der Waals surface area contributed by atoms with Gasteiger partial charge in [0.15, 0.2) is 17.5 Å². The lowest BCUT2D eigenvalue weighted by molar-refractivity contribution is 0.353. The first-order chi connectivity index (χ1) is 24.2. The Hall–Kier alpha value is -5.87. The number of benzene rings is 6. The molecule has 2 heterocycles. The van der Waals surface area contributed by atoms with E-state index in [0.29, 0.717) is 17.5 Å². The maximum atomic E-state index is 6.37. The van der Waals surface area contributed by atoms with E-state index in [1.165, 1.54) is 70.7 Å². The normalized spacial score (nSPS) is 14.7. The Morgan fingerprint density at radius 2 is 1.00 bits per heavy atom. The van der Waals surface area contributed by atoms with Gasteiger partial charge in [-0.2, -0.15) is 0 Å². The standard InChI is InChI=1S/C45H33N3O/c1-4-13-29(14-5-1)42-46-43(30-15-6-2-7-16-30)48-44(47-42)33-18-12-17-31(25-33)32-21-22-34-36-28-41-37(35-19-8-9-20-40(35)49-41)27-39(36)45(38(34)26-32)23-10-3-11-24-45/h1-2,4-9,12-22,25-28H,3,10-11,23-24H2. The summed E-state index contributed by atoms with van der Waals surface area (Å²) < 4.78 is 6.37. The van der Waals surface area contributed by atoms with Gasteiger partial charge in [0.1, 0.15) is 11.2 Å². The molecule has 0 aliphatic heterocycles. The van der Waals surface area contributed by atoms with Crippen molar-refractivity contribution in [2.75, 3.05) is 0 Å². The molecule has 8 aromatic rings. The smallest absolute Gasteiger partial charge is 0.164 e. The highest BCUT2D eigenvalue weighted by molar-refractivity contribution is 6.07. The number of nitrogens with zero attached hydrogens (tertiary/aromatic N) is 3. The molecule has 2 aromatic heterocycles. The van der Waals surface area contributed by atoms with Gasteiger partial charge in [0.25, 0.3) is 0 Å². The van der Waals surface area contributed by atoms with Crippen LogP contribution in [0.1, 0.15) is 43.2 Å². The number of hydrogen-bond donors (Lipinski definition) is 0. The molecule has 0 N–H and O–H groups in total. The quantitative estimate of drug-likeness (QED) is 0.194. The number of para-hydroxylation sites is 1. The fraction of sp³-hybridized carbons (Fsp3) is 0.133. The molecule has 1 saturated carbocycles. The molecule has 49 heavy (non-hydrogen) atoms. The van der Waals surface area contributed by atoms with Crippen LogP contribution < -0.4 is 0 Å². The largest absolute Gasteiger partial charge is 0.456 e. The third-order valence-electron chi connectivity index (χ3n) is 10.7. The monoisotopic (exact) mass is 631 g/mol. The Kier molecular flexibility index (Phi) is 6.38. The second kappa shape index (κ2) is 11.1. The van der Waals surface area contributed by atoms with Crippen molar-refractivity contribution in [2.24, 2.45) is 0 Å². The topological polar surface area (TPSA) is 51.8 Å². The van der Waals surface area contributed by atoms with Crippen molar-refractivity contribution in [1.82, 2.24) is 15.0 Å². The first-order valence-electron chi connectivity index (χ1n) is 17.3. The molecule has 4 nitrogen and oxygen atoms in total. The summed E-state index contributed by atoms with van der Waals surface area (Å²) in [5, 5.41) is 2.42. The van der Waals surface area contributed by atoms with E-state index >= 15 is 0 Å². The van der Waals surface area contributed by atoms with Crippen molar-refractivity contribution in [3.8, 4) is 56.4 Å². The first-order valence-corrected chi connectivity index (χ1v) is 17.3. The lowest BCUT2D eigenvalue weighted by Gasteiger charge is -2.36. The Morgan fingerprint density at radius 3 is 1.73 bits per heavy atom. The van der Waals surface area contributed by atoms with Crippen LogP contribution >= 0.6 is 0 Å². The Labute approximate surface area is 285 Å². The molecule has 2 aliphatic carbocycles. The molecule has 4 heteroatoms. The summed E-state index contributed by atoms with van der Waals surface area (Å²) in [6.07, 6.45) is 6.14. The zero-order valence-electron chi connectivity index (χ0n) is 27.1. The average molecular weight is 632 g/mol. The van der Waals surface area contributed by atoms with Gasteiger partial charge in [-0.05, 0) is 76.6 Å². The Morgan fingerprint density at radius 1 is 0.408 bits per heavy atom. The van der Waals surface area contributed by atoms with Crippen LogP contribution in [-0.2, 0) is 5.41 Å². The van der Waals surface area contributed by atoms with Crippen molar-refractivity contribution in [2.45, 2.75) is 37.5 Å². The van der Waals surface area contributed by atoms with Crippen molar-refractivity contribution >= 4 is 21.9 Å². The van der Waals surface area contributed by atoms with Crippen LogP contribution in [0.3, 0.4) is 0 Å². The molecular formula is C45H33N3O. The lowest BCUT2D eigenvalue weighted by Crippen LogP contribution is -2.28. The van der Waals surface area contributed by atoms with Gasteiger partial charge >= 0.3 is 0 Å². The minimum atomic E-state index is 0.0203. The molecule has 0 saturated heterocycles. The minimum Gasteiger partial charge on any atom is -0.456 e. The maximum absolute atomic E-state index is 6.37. The highest BCUT2D eigenvalue weighted by atomic mass is 16.3. The SMILES string of the molecule is c1ccc(-c2nc(-c3ccccc3)nc(-c3cccc(-c4ccc5c(c4)C4(CCCCC4)c4cc6c(cc4-5)oc4ccccc46)c3)n2)cc1. The van der Waals surface area contributed by atoms with Crippen molar-refractivity contribution in [3.05, 3.63) is 151 Å². The van der Waals surface area contributed by atoms with E-state index in [-0.39, 0.29) is 5.41 Å². The maximum Gasteiger partial charge on any atom is 0.164 e. The van der Waals surface area contributed by atoms with Crippen molar-refractivity contribution in [1.29, 1.82) is 0 Å². The summed E-state index contributed by atoms with van der Waals surface area (Å²) in [5.74, 6) is 2.01. The van der Waals surface area contributed by atoms with E-state index in [1.807, 2.05) is 60.7 Å². The van der Waals surface area contributed by atoms with Crippen LogP contribution in [0.2, 0.25) is 0 Å². The summed E-state index contributed by atoms with van der Waals surface area (Å²) >= 11 is 0. The number of hydrogen-bond acceptors (Lipinski definition) is 4. The van der Waals surface area contributed by atoms with E-state index in [2.05, 4.69) is 78.9 Å². The van der Waals surface area contributed by atoms with Gasteiger partial charge in [0, 0.05) is 32.9 Å². The number of furan rings is 1. The summed E-state index contributed by atoms with van der Waals surface area (Å²) in [6.45, 7) is 0. The highest BCUT2D eigenvalue weighted by Crippen LogP contribution is 2.57. The Bertz CT molecular complexity index is 2470. The summed E-state index contributed by atoms with van der Waals surface area (Å²) in [7, 11) is 0. The van der Waals surface area contributed by atoms with Crippen LogP contribution in [0.15, 0.2) is 144 Å². The van der Waals surface area contributed by atoms with Gasteiger partial charge in [-0.15, -0.1) is 0 Å². The predicted molar refractivity (Wildman–Crippen MR) is 198 cm³/mol. The predicted octanol–water partition coefficient (Wildman–Crippen LogP) is 11.7. The van der Waals surface area contributed by atoms with Gasteiger partial charge < -0.3 is 4.42 Å². The second-order valence-electron chi connectivity index (χ2n) is 13.5. The second-order valence-corrected chi connectivity index (χ2v) is 13.5. The van der Waals surface area contributed by atoms with E-state index < -0.39 is 0 Å². The summed E-state index contributed by atoms with van der Waals surface area (Å²) in [6, 6.07) is 49.3. The van der Waals surface area contributed by atoms with Crippen molar-refractivity contribution < 1.29 is 4.42 Å². The number of aromatic nitrogens is 3. The highest BCUT2D eigenvalue weighted by Gasteiger charge is 2.44. The van der Waals surface area contributed by atoms with Gasteiger partial charge in [-0.1, -0.05) is 128 Å².